The number of rotatable bonds is 7. The summed E-state index contributed by atoms with van der Waals surface area (Å²) < 4.78 is 1.60. The standard InChI is InChI=1S/C25H22ClN3O2S/c1-28(15-18-9-3-2-4-10-18)23(30)17-32-25-27-22-14-8-6-12-20(22)24(31)29(25)16-19-11-5-7-13-21(19)26/h2-14H,15-17H2,1H3. The highest BCUT2D eigenvalue weighted by Gasteiger charge is 2.16. The number of carbonyl (C=O) groups is 1. The predicted molar refractivity (Wildman–Crippen MR) is 130 cm³/mol. The maximum atomic E-state index is 13.3. The average molecular weight is 464 g/mol. The van der Waals surface area contributed by atoms with E-state index in [2.05, 4.69) is 4.98 Å². The molecule has 162 valence electrons. The molecule has 5 nitrogen and oxygen atoms in total. The fraction of sp³-hybridized carbons (Fsp3) is 0.160. The summed E-state index contributed by atoms with van der Waals surface area (Å²) in [6, 6.07) is 24.5. The van der Waals surface area contributed by atoms with E-state index in [-0.39, 0.29) is 23.8 Å². The summed E-state index contributed by atoms with van der Waals surface area (Å²) >= 11 is 7.61. The summed E-state index contributed by atoms with van der Waals surface area (Å²) in [6.07, 6.45) is 0. The van der Waals surface area contributed by atoms with Crippen molar-refractivity contribution in [3.63, 3.8) is 0 Å². The number of hydrogen-bond donors (Lipinski definition) is 0. The minimum Gasteiger partial charge on any atom is -0.341 e. The minimum absolute atomic E-state index is 0.0365. The van der Waals surface area contributed by atoms with Gasteiger partial charge in [-0.15, -0.1) is 0 Å². The summed E-state index contributed by atoms with van der Waals surface area (Å²) in [5.41, 5.74) is 2.35. The molecule has 4 rings (SSSR count). The molecule has 3 aromatic carbocycles. The highest BCUT2D eigenvalue weighted by atomic mass is 35.5. The van der Waals surface area contributed by atoms with Crippen LogP contribution in [0, 0.1) is 0 Å². The second-order valence-corrected chi connectivity index (χ2v) is 8.77. The lowest BCUT2D eigenvalue weighted by Gasteiger charge is -2.18. The van der Waals surface area contributed by atoms with E-state index in [1.54, 1.807) is 28.6 Å². The molecule has 32 heavy (non-hydrogen) atoms. The first-order valence-corrected chi connectivity index (χ1v) is 11.5. The van der Waals surface area contributed by atoms with Crippen LogP contribution < -0.4 is 5.56 Å². The van der Waals surface area contributed by atoms with E-state index >= 15 is 0 Å². The number of carbonyl (C=O) groups excluding carboxylic acids is 1. The summed E-state index contributed by atoms with van der Waals surface area (Å²) in [5.74, 6) is 0.141. The van der Waals surface area contributed by atoms with Crippen LogP contribution >= 0.6 is 23.4 Å². The van der Waals surface area contributed by atoms with Crippen molar-refractivity contribution in [1.82, 2.24) is 14.5 Å². The van der Waals surface area contributed by atoms with Crippen molar-refractivity contribution < 1.29 is 4.79 Å². The summed E-state index contributed by atoms with van der Waals surface area (Å²) in [5, 5.41) is 1.62. The Morgan fingerprint density at radius 3 is 2.47 bits per heavy atom. The molecule has 0 radical (unpaired) electrons. The molecule has 0 N–H and O–H groups in total. The summed E-state index contributed by atoms with van der Waals surface area (Å²) in [7, 11) is 1.78. The van der Waals surface area contributed by atoms with Gasteiger partial charge in [0.25, 0.3) is 5.56 Å². The van der Waals surface area contributed by atoms with Gasteiger partial charge < -0.3 is 4.90 Å². The quantitative estimate of drug-likeness (QED) is 0.290. The smallest absolute Gasteiger partial charge is 0.262 e. The minimum atomic E-state index is -0.150. The van der Waals surface area contributed by atoms with Gasteiger partial charge in [0.05, 0.1) is 23.2 Å². The van der Waals surface area contributed by atoms with Crippen LogP contribution in [-0.2, 0) is 17.9 Å². The maximum Gasteiger partial charge on any atom is 0.262 e. The largest absolute Gasteiger partial charge is 0.341 e. The SMILES string of the molecule is CN(Cc1ccccc1)C(=O)CSc1nc2ccccc2c(=O)n1Cc1ccccc1Cl. The summed E-state index contributed by atoms with van der Waals surface area (Å²) in [4.78, 5) is 32.4. The zero-order valence-corrected chi connectivity index (χ0v) is 19.1. The predicted octanol–water partition coefficient (Wildman–Crippen LogP) is 4.85. The van der Waals surface area contributed by atoms with Crippen LogP contribution in [0.3, 0.4) is 0 Å². The molecular weight excluding hydrogens is 442 g/mol. The van der Waals surface area contributed by atoms with E-state index in [1.165, 1.54) is 11.8 Å². The molecule has 1 amide bonds. The molecule has 0 aliphatic heterocycles. The normalized spacial score (nSPS) is 10.9. The number of benzene rings is 3. The van der Waals surface area contributed by atoms with Crippen LogP contribution in [0.15, 0.2) is 88.8 Å². The van der Waals surface area contributed by atoms with Gasteiger partial charge in [0.1, 0.15) is 0 Å². The third-order valence-electron chi connectivity index (χ3n) is 5.13. The van der Waals surface area contributed by atoms with Gasteiger partial charge in [-0.3, -0.25) is 14.2 Å². The van der Waals surface area contributed by atoms with E-state index in [0.717, 1.165) is 11.1 Å². The lowest BCUT2D eigenvalue weighted by Crippen LogP contribution is -2.29. The Balaban J connectivity index is 1.60. The maximum absolute atomic E-state index is 13.3. The number of para-hydroxylation sites is 1. The van der Waals surface area contributed by atoms with Crippen LogP contribution in [0.2, 0.25) is 5.02 Å². The molecule has 1 aromatic heterocycles. The van der Waals surface area contributed by atoms with E-state index < -0.39 is 0 Å². The Labute approximate surface area is 195 Å². The first kappa shape index (κ1) is 22.1. The monoisotopic (exact) mass is 463 g/mol. The number of aromatic nitrogens is 2. The van der Waals surface area contributed by atoms with E-state index in [1.807, 2.05) is 66.7 Å². The van der Waals surface area contributed by atoms with Crippen molar-refractivity contribution in [2.45, 2.75) is 18.2 Å². The second kappa shape index (κ2) is 10.0. The van der Waals surface area contributed by atoms with E-state index in [4.69, 9.17) is 11.6 Å². The zero-order chi connectivity index (χ0) is 22.5. The van der Waals surface area contributed by atoms with Crippen LogP contribution in [0.25, 0.3) is 10.9 Å². The van der Waals surface area contributed by atoms with Gasteiger partial charge in [0.15, 0.2) is 5.16 Å². The number of thioether (sulfide) groups is 1. The molecule has 7 heteroatoms. The van der Waals surface area contributed by atoms with Crippen LogP contribution in [-0.4, -0.2) is 33.2 Å². The molecule has 0 aliphatic carbocycles. The van der Waals surface area contributed by atoms with E-state index in [0.29, 0.717) is 27.6 Å². The number of halogens is 1. The van der Waals surface area contributed by atoms with Gasteiger partial charge in [-0.1, -0.05) is 84.0 Å². The fourth-order valence-electron chi connectivity index (χ4n) is 3.38. The molecule has 0 saturated heterocycles. The Kier molecular flexibility index (Phi) is 6.93. The zero-order valence-electron chi connectivity index (χ0n) is 17.6. The topological polar surface area (TPSA) is 55.2 Å². The van der Waals surface area contributed by atoms with Gasteiger partial charge in [-0.25, -0.2) is 4.98 Å². The highest BCUT2D eigenvalue weighted by molar-refractivity contribution is 7.99. The van der Waals surface area contributed by atoms with Crippen molar-refractivity contribution in [2.24, 2.45) is 0 Å². The fourth-order valence-corrected chi connectivity index (χ4v) is 4.51. The molecule has 0 unspecified atom stereocenters. The Morgan fingerprint density at radius 2 is 1.69 bits per heavy atom. The molecule has 0 spiro atoms. The average Bonchev–Trinajstić information content (AvgIpc) is 2.81. The third kappa shape index (κ3) is 5.03. The second-order valence-electron chi connectivity index (χ2n) is 7.42. The summed E-state index contributed by atoms with van der Waals surface area (Å²) in [6.45, 7) is 0.810. The molecule has 4 aromatic rings. The van der Waals surface area contributed by atoms with Crippen molar-refractivity contribution in [2.75, 3.05) is 12.8 Å². The van der Waals surface area contributed by atoms with Gasteiger partial charge in [0.2, 0.25) is 5.91 Å². The van der Waals surface area contributed by atoms with Gasteiger partial charge >= 0.3 is 0 Å². The van der Waals surface area contributed by atoms with Crippen molar-refractivity contribution in [3.8, 4) is 0 Å². The molecular formula is C25H22ClN3O2S. The Bertz CT molecular complexity index is 1310. The first-order valence-electron chi connectivity index (χ1n) is 10.2. The van der Waals surface area contributed by atoms with E-state index in [9.17, 15) is 9.59 Å². The number of amides is 1. The third-order valence-corrected chi connectivity index (χ3v) is 6.46. The lowest BCUT2D eigenvalue weighted by molar-refractivity contribution is -0.127. The van der Waals surface area contributed by atoms with Crippen LogP contribution in [0.5, 0.6) is 0 Å². The molecule has 0 bridgehead atoms. The van der Waals surface area contributed by atoms with Crippen molar-refractivity contribution in [1.29, 1.82) is 0 Å². The first-order chi connectivity index (χ1) is 15.5. The van der Waals surface area contributed by atoms with Crippen molar-refractivity contribution in [3.05, 3.63) is 105 Å². The lowest BCUT2D eigenvalue weighted by atomic mass is 10.2. The highest BCUT2D eigenvalue weighted by Crippen LogP contribution is 2.22. The molecule has 1 heterocycles. The Hall–Kier alpha value is -3.09. The van der Waals surface area contributed by atoms with Gasteiger partial charge in [0, 0.05) is 18.6 Å². The van der Waals surface area contributed by atoms with Gasteiger partial charge in [-0.2, -0.15) is 0 Å². The van der Waals surface area contributed by atoms with Gasteiger partial charge in [-0.05, 0) is 29.3 Å². The van der Waals surface area contributed by atoms with Crippen LogP contribution in [0.1, 0.15) is 11.1 Å². The number of hydrogen-bond acceptors (Lipinski definition) is 4. The van der Waals surface area contributed by atoms with Crippen molar-refractivity contribution >= 4 is 40.2 Å². The number of nitrogens with zero attached hydrogens (tertiary/aromatic N) is 3. The molecule has 0 saturated carbocycles. The number of fused-ring (bicyclic) bond motifs is 1. The Morgan fingerprint density at radius 1 is 1.00 bits per heavy atom. The molecule has 0 fully saturated rings. The van der Waals surface area contributed by atoms with Crippen LogP contribution in [0.4, 0.5) is 0 Å². The molecule has 0 atom stereocenters. The molecule has 0 aliphatic rings.